The molecule has 0 saturated heterocycles. The summed E-state index contributed by atoms with van der Waals surface area (Å²) in [7, 11) is 0. The van der Waals surface area contributed by atoms with Crippen molar-refractivity contribution in [1.29, 1.82) is 0 Å². The van der Waals surface area contributed by atoms with Crippen LogP contribution in [0.4, 0.5) is 0 Å². The van der Waals surface area contributed by atoms with E-state index in [2.05, 4.69) is 38.1 Å². The van der Waals surface area contributed by atoms with Crippen LogP contribution in [0.15, 0.2) is 30.3 Å². The molecule has 0 aliphatic heterocycles. The summed E-state index contributed by atoms with van der Waals surface area (Å²) >= 11 is 0. The molecule has 60 valence electrons. The zero-order valence-electron chi connectivity index (χ0n) is 8.20. The Bertz CT molecular complexity index is 174. The van der Waals surface area contributed by atoms with Crippen molar-refractivity contribution in [2.75, 3.05) is 0 Å². The third-order valence-corrected chi connectivity index (χ3v) is 1.35. The Hall–Kier alpha value is 3.51. The molecule has 4 radical (unpaired) electrons. The fourth-order valence-corrected chi connectivity index (χ4v) is 0.771. The molecule has 0 saturated carbocycles. The second-order valence-corrected chi connectivity index (χ2v) is 2.37. The van der Waals surface area contributed by atoms with Crippen LogP contribution >= 0.6 is 0 Å². The fraction of sp³-hybridized carbons (Fsp3) is 0.222. The maximum absolute atomic E-state index is 2.12. The predicted molar refractivity (Wildman–Crippen MR) is 40.1 cm³/mol. The van der Waals surface area contributed by atoms with E-state index in [1.165, 1.54) is 11.5 Å². The van der Waals surface area contributed by atoms with Gasteiger partial charge >= 0.3 is 0 Å². The molecule has 13 heavy (non-hydrogen) atoms. The van der Waals surface area contributed by atoms with Crippen LogP contribution in [0, 0.1) is 5.92 Å². The smallest absolute Gasteiger partial charge is 0 e. The van der Waals surface area contributed by atoms with Gasteiger partial charge in [0.2, 0.25) is 0 Å². The summed E-state index contributed by atoms with van der Waals surface area (Å²) in [6, 6.07) is 10.4. The molecule has 0 aliphatic carbocycles. The molecule has 0 nitrogen and oxygen atoms in total. The first-order chi connectivity index (χ1) is 4.30. The van der Waals surface area contributed by atoms with Crippen LogP contribution in [-0.4, -0.2) is 0 Å². The summed E-state index contributed by atoms with van der Waals surface area (Å²) in [5, 5.41) is 0. The van der Waals surface area contributed by atoms with Gasteiger partial charge in [-0.1, -0.05) is 19.9 Å². The maximum atomic E-state index is 2.12. The topological polar surface area (TPSA) is 0 Å². The molecule has 0 aliphatic rings. The average Bonchev–Trinajstić information content (AvgIpc) is 1.90. The Balaban J connectivity index is -0.000000101. The van der Waals surface area contributed by atoms with Crippen molar-refractivity contribution >= 4 is 0 Å². The Labute approximate surface area is 182 Å². The fourth-order valence-electron chi connectivity index (χ4n) is 0.771. The molecule has 1 aromatic carbocycles. The molecule has 4 heteroatoms. The average molecular weight is 475 g/mol. The Morgan fingerprint density at radius 1 is 0.769 bits per heavy atom. The first kappa shape index (κ1) is 25.4. The quantitative estimate of drug-likeness (QED) is 0.549. The van der Waals surface area contributed by atoms with Crippen LogP contribution in [0.5, 0.6) is 0 Å². The molecule has 0 spiro atoms. The number of rotatable bonds is 1. The van der Waals surface area contributed by atoms with E-state index in [4.69, 9.17) is 0 Å². The molecule has 0 heterocycles. The summed E-state index contributed by atoms with van der Waals surface area (Å²) in [5.74, 6) is 1.37. The molecule has 1 aromatic rings. The zero-order valence-corrected chi connectivity index (χ0v) is 19.5. The van der Waals surface area contributed by atoms with Gasteiger partial charge in [-0.2, -0.15) is 23.6 Å². The Morgan fingerprint density at radius 3 is 1.38 bits per heavy atom. The summed E-state index contributed by atoms with van der Waals surface area (Å²) < 4.78 is 0. The third-order valence-electron chi connectivity index (χ3n) is 1.35. The monoisotopic (exact) mass is 475 g/mol. The second-order valence-electron chi connectivity index (χ2n) is 2.37. The molecule has 0 bridgehead atoms. The van der Waals surface area contributed by atoms with E-state index in [9.17, 15) is 0 Å². The standard InChI is InChI=1S/C9H11.4Y/c1-8(2)9-6-4-3-5-7-9;;;;/h3-7H,1-2H3;;;;/q-1;;;;. The molecule has 0 amide bonds. The molecule has 0 atom stereocenters. The van der Waals surface area contributed by atoms with Crippen LogP contribution in [0.2, 0.25) is 0 Å². The van der Waals surface area contributed by atoms with E-state index in [1.807, 2.05) is 6.07 Å². The van der Waals surface area contributed by atoms with Gasteiger partial charge in [0, 0.05) is 131 Å². The largest absolute Gasteiger partial charge is 0.189 e. The van der Waals surface area contributed by atoms with Gasteiger partial charge in [0.05, 0.1) is 0 Å². The first-order valence-electron chi connectivity index (χ1n) is 3.16. The first-order valence-corrected chi connectivity index (χ1v) is 3.16. The van der Waals surface area contributed by atoms with Crippen LogP contribution in [0.25, 0.3) is 0 Å². The van der Waals surface area contributed by atoms with Gasteiger partial charge in [-0.05, 0) is 0 Å². The molecule has 0 unspecified atom stereocenters. The van der Waals surface area contributed by atoms with Gasteiger partial charge in [0.25, 0.3) is 0 Å². The van der Waals surface area contributed by atoms with Crippen LogP contribution < -0.4 is 0 Å². The van der Waals surface area contributed by atoms with Gasteiger partial charge < -0.3 is 0 Å². The van der Waals surface area contributed by atoms with E-state index in [0.29, 0.717) is 0 Å². The van der Waals surface area contributed by atoms with Gasteiger partial charge in [-0.3, -0.25) is 0 Å². The molecule has 0 fully saturated rings. The SMILES string of the molecule is C[C-](C)c1ccccc1.[Y].[Y].[Y].[Y]. The Kier molecular flexibility index (Phi) is 30.3. The normalized spacial score (nSPS) is 6.31. The zero-order chi connectivity index (χ0) is 6.69. The van der Waals surface area contributed by atoms with E-state index in [-0.39, 0.29) is 131 Å². The molecular weight excluding hydrogens is 464 g/mol. The van der Waals surface area contributed by atoms with Gasteiger partial charge in [0.15, 0.2) is 0 Å². The summed E-state index contributed by atoms with van der Waals surface area (Å²) in [6.45, 7) is 4.24. The van der Waals surface area contributed by atoms with E-state index >= 15 is 0 Å². The summed E-state index contributed by atoms with van der Waals surface area (Å²) in [5.41, 5.74) is 1.33. The van der Waals surface area contributed by atoms with Crippen molar-refractivity contribution < 1.29 is 131 Å². The van der Waals surface area contributed by atoms with Crippen molar-refractivity contribution in [3.8, 4) is 0 Å². The minimum atomic E-state index is 0. The van der Waals surface area contributed by atoms with Crippen molar-refractivity contribution in [2.24, 2.45) is 0 Å². The maximum Gasteiger partial charge on any atom is 0 e. The number of hydrogen-bond acceptors (Lipinski definition) is 0. The van der Waals surface area contributed by atoms with E-state index in [0.717, 1.165) is 0 Å². The van der Waals surface area contributed by atoms with Crippen LogP contribution in [0.1, 0.15) is 19.4 Å². The Morgan fingerprint density at radius 2 is 1.15 bits per heavy atom. The summed E-state index contributed by atoms with van der Waals surface area (Å²) in [4.78, 5) is 0. The van der Waals surface area contributed by atoms with E-state index < -0.39 is 0 Å². The molecule has 0 N–H and O–H groups in total. The van der Waals surface area contributed by atoms with Crippen molar-refractivity contribution in [3.05, 3.63) is 41.8 Å². The van der Waals surface area contributed by atoms with Gasteiger partial charge in [-0.15, -0.1) is 12.1 Å². The predicted octanol–water partition coefficient (Wildman–Crippen LogP) is 2.64. The van der Waals surface area contributed by atoms with Gasteiger partial charge in [-0.25, -0.2) is 0 Å². The van der Waals surface area contributed by atoms with Crippen molar-refractivity contribution in [3.63, 3.8) is 0 Å². The number of hydrogen-bond donors (Lipinski definition) is 0. The number of benzene rings is 1. The minimum Gasteiger partial charge on any atom is -0.189 e. The third kappa shape index (κ3) is 11.8. The van der Waals surface area contributed by atoms with Crippen LogP contribution in [-0.2, 0) is 131 Å². The van der Waals surface area contributed by atoms with Crippen molar-refractivity contribution in [2.45, 2.75) is 13.8 Å². The minimum absolute atomic E-state index is 0. The van der Waals surface area contributed by atoms with Crippen molar-refractivity contribution in [1.82, 2.24) is 0 Å². The molecular formula is C9H11Y4-. The van der Waals surface area contributed by atoms with Gasteiger partial charge in [0.1, 0.15) is 0 Å². The summed E-state index contributed by atoms with van der Waals surface area (Å²) in [6.07, 6.45) is 0. The van der Waals surface area contributed by atoms with Crippen LogP contribution in [0.3, 0.4) is 0 Å². The molecule has 1 rings (SSSR count). The molecule has 0 aromatic heterocycles. The second kappa shape index (κ2) is 15.5. The van der Waals surface area contributed by atoms with E-state index in [1.54, 1.807) is 0 Å².